The number of carbonyl (C=O) groups excluding carboxylic acids is 2. The van der Waals surface area contributed by atoms with E-state index in [1.165, 1.54) is 0 Å². The second-order valence-electron chi connectivity index (χ2n) is 9.56. The topological polar surface area (TPSA) is 67.7 Å². The number of ether oxygens (including phenoxy) is 1. The van der Waals surface area contributed by atoms with E-state index in [4.69, 9.17) is 9.72 Å². The number of aromatic nitrogens is 2. The number of imidazole rings is 1. The van der Waals surface area contributed by atoms with Gasteiger partial charge < -0.3 is 19.1 Å². The molecule has 0 saturated carbocycles. The number of benzene rings is 2. The fourth-order valence-electron chi connectivity index (χ4n) is 5.01. The van der Waals surface area contributed by atoms with E-state index in [9.17, 15) is 9.59 Å². The maximum atomic E-state index is 13.3. The van der Waals surface area contributed by atoms with Crippen LogP contribution in [0.15, 0.2) is 48.5 Å². The average molecular weight is 463 g/mol. The first-order valence-corrected chi connectivity index (χ1v) is 12.0. The third-order valence-electron chi connectivity index (χ3n) is 6.49. The van der Waals surface area contributed by atoms with E-state index in [2.05, 4.69) is 0 Å². The highest BCUT2D eigenvalue weighted by Crippen LogP contribution is 2.31. The molecular weight excluding hydrogens is 428 g/mol. The first kappa shape index (κ1) is 23.8. The molecule has 0 N–H and O–H groups in total. The summed E-state index contributed by atoms with van der Waals surface area (Å²) in [6.45, 7) is 9.51. The van der Waals surface area contributed by atoms with E-state index in [1.807, 2.05) is 90.6 Å². The van der Waals surface area contributed by atoms with Gasteiger partial charge in [0, 0.05) is 37.5 Å². The molecule has 1 aliphatic rings. The summed E-state index contributed by atoms with van der Waals surface area (Å²) >= 11 is 0. The Morgan fingerprint density at radius 3 is 2.41 bits per heavy atom. The van der Waals surface area contributed by atoms with Crippen molar-refractivity contribution in [1.29, 1.82) is 0 Å². The van der Waals surface area contributed by atoms with Gasteiger partial charge in [-0.3, -0.25) is 9.59 Å². The molecule has 0 aliphatic carbocycles. The van der Waals surface area contributed by atoms with E-state index < -0.39 is 0 Å². The Balaban J connectivity index is 1.60. The molecular formula is C27H34N4O3. The monoisotopic (exact) mass is 462 g/mol. The number of hydrogen-bond acceptors (Lipinski definition) is 4. The zero-order valence-corrected chi connectivity index (χ0v) is 20.7. The van der Waals surface area contributed by atoms with Gasteiger partial charge in [-0.05, 0) is 57.5 Å². The maximum absolute atomic E-state index is 13.3. The van der Waals surface area contributed by atoms with Gasteiger partial charge in [0.2, 0.25) is 11.8 Å². The van der Waals surface area contributed by atoms with Crippen molar-refractivity contribution in [2.45, 2.75) is 65.2 Å². The van der Waals surface area contributed by atoms with Crippen LogP contribution in [0.2, 0.25) is 0 Å². The fourth-order valence-corrected chi connectivity index (χ4v) is 5.01. The standard InChI is InChI=1S/C27H34N4O3/c1-18(2)31(19(3)4)26(33)17-30-24-9-7-6-8-23(24)28-27(30)21-14-25(32)29(16-21)15-20-10-12-22(34-5)13-11-20/h6-13,18-19,21H,14-17H2,1-5H3. The Labute approximate surface area is 201 Å². The van der Waals surface area contributed by atoms with Crippen LogP contribution in [0.3, 0.4) is 0 Å². The minimum atomic E-state index is -0.0579. The molecule has 0 spiro atoms. The van der Waals surface area contributed by atoms with Gasteiger partial charge in [0.1, 0.15) is 18.1 Å². The van der Waals surface area contributed by atoms with Gasteiger partial charge in [-0.2, -0.15) is 0 Å². The number of amides is 2. The minimum absolute atomic E-state index is 0.0579. The van der Waals surface area contributed by atoms with Crippen LogP contribution < -0.4 is 4.74 Å². The van der Waals surface area contributed by atoms with Gasteiger partial charge in [0.25, 0.3) is 0 Å². The zero-order chi connectivity index (χ0) is 24.4. The van der Waals surface area contributed by atoms with Crippen molar-refractivity contribution in [1.82, 2.24) is 19.4 Å². The van der Waals surface area contributed by atoms with Crippen LogP contribution in [0.25, 0.3) is 11.0 Å². The molecule has 1 fully saturated rings. The summed E-state index contributed by atoms with van der Waals surface area (Å²) in [5, 5.41) is 0. The molecule has 2 heterocycles. The number of carbonyl (C=O) groups is 2. The van der Waals surface area contributed by atoms with Crippen LogP contribution in [0.4, 0.5) is 0 Å². The van der Waals surface area contributed by atoms with Gasteiger partial charge in [-0.1, -0.05) is 24.3 Å². The molecule has 1 aliphatic heterocycles. The molecule has 1 saturated heterocycles. The van der Waals surface area contributed by atoms with Gasteiger partial charge in [0.05, 0.1) is 18.1 Å². The summed E-state index contributed by atoms with van der Waals surface area (Å²) in [5.41, 5.74) is 2.84. The maximum Gasteiger partial charge on any atom is 0.243 e. The molecule has 0 bridgehead atoms. The highest BCUT2D eigenvalue weighted by Gasteiger charge is 2.34. The number of likely N-dealkylation sites (tertiary alicyclic amines) is 1. The average Bonchev–Trinajstić information content (AvgIpc) is 3.34. The Hall–Kier alpha value is -3.35. The van der Waals surface area contributed by atoms with Crippen LogP contribution in [-0.4, -0.2) is 56.9 Å². The molecule has 0 radical (unpaired) electrons. The van der Waals surface area contributed by atoms with E-state index >= 15 is 0 Å². The van der Waals surface area contributed by atoms with Crippen LogP contribution in [0, 0.1) is 0 Å². The fraction of sp³-hybridized carbons (Fsp3) is 0.444. The normalized spacial score (nSPS) is 16.1. The molecule has 7 heteroatoms. The van der Waals surface area contributed by atoms with Crippen molar-refractivity contribution in [3.63, 3.8) is 0 Å². The predicted octanol–water partition coefficient (Wildman–Crippen LogP) is 4.21. The summed E-state index contributed by atoms with van der Waals surface area (Å²) in [7, 11) is 1.64. The summed E-state index contributed by atoms with van der Waals surface area (Å²) in [6.07, 6.45) is 0.395. The first-order valence-electron chi connectivity index (χ1n) is 12.0. The van der Waals surface area contributed by atoms with Crippen molar-refractivity contribution in [3.05, 3.63) is 59.9 Å². The van der Waals surface area contributed by atoms with Crippen LogP contribution in [0.1, 0.15) is 51.4 Å². The molecule has 180 valence electrons. The predicted molar refractivity (Wildman–Crippen MR) is 133 cm³/mol. The Kier molecular flexibility index (Phi) is 6.91. The Bertz CT molecular complexity index is 1160. The number of nitrogens with zero attached hydrogens (tertiary/aromatic N) is 4. The molecule has 34 heavy (non-hydrogen) atoms. The van der Waals surface area contributed by atoms with Crippen LogP contribution >= 0.6 is 0 Å². The second kappa shape index (κ2) is 9.87. The first-order chi connectivity index (χ1) is 16.3. The van der Waals surface area contributed by atoms with Crippen molar-refractivity contribution >= 4 is 22.8 Å². The molecule has 1 aromatic heterocycles. The van der Waals surface area contributed by atoms with E-state index in [1.54, 1.807) is 7.11 Å². The smallest absolute Gasteiger partial charge is 0.243 e. The van der Waals surface area contributed by atoms with Gasteiger partial charge in [-0.25, -0.2) is 4.98 Å². The molecule has 2 amide bonds. The molecule has 3 aromatic rings. The van der Waals surface area contributed by atoms with E-state index in [0.717, 1.165) is 28.2 Å². The number of methoxy groups -OCH3 is 1. The molecule has 1 unspecified atom stereocenters. The van der Waals surface area contributed by atoms with Crippen LogP contribution in [0.5, 0.6) is 5.75 Å². The summed E-state index contributed by atoms with van der Waals surface area (Å²) < 4.78 is 7.25. The van der Waals surface area contributed by atoms with E-state index in [-0.39, 0.29) is 36.4 Å². The van der Waals surface area contributed by atoms with Gasteiger partial charge in [0.15, 0.2) is 0 Å². The molecule has 1 atom stereocenters. The third kappa shape index (κ3) is 4.79. The summed E-state index contributed by atoms with van der Waals surface area (Å²) in [4.78, 5) is 34.9. The quantitative estimate of drug-likeness (QED) is 0.503. The Morgan fingerprint density at radius 1 is 1.09 bits per heavy atom. The zero-order valence-electron chi connectivity index (χ0n) is 20.7. The third-order valence-corrected chi connectivity index (χ3v) is 6.49. The summed E-state index contributed by atoms with van der Waals surface area (Å²) in [6, 6.07) is 15.9. The number of rotatable bonds is 8. The number of fused-ring (bicyclic) bond motifs is 1. The summed E-state index contributed by atoms with van der Waals surface area (Å²) in [5.74, 6) is 1.72. The van der Waals surface area contributed by atoms with Crippen molar-refractivity contribution in [2.24, 2.45) is 0 Å². The van der Waals surface area contributed by atoms with Crippen molar-refractivity contribution < 1.29 is 14.3 Å². The molecule has 4 rings (SSSR count). The highest BCUT2D eigenvalue weighted by molar-refractivity contribution is 5.83. The van der Waals surface area contributed by atoms with Gasteiger partial charge in [-0.15, -0.1) is 0 Å². The van der Waals surface area contributed by atoms with E-state index in [0.29, 0.717) is 19.5 Å². The second-order valence-corrected chi connectivity index (χ2v) is 9.56. The lowest BCUT2D eigenvalue weighted by molar-refractivity contribution is -0.135. The minimum Gasteiger partial charge on any atom is -0.497 e. The number of para-hydroxylation sites is 2. The highest BCUT2D eigenvalue weighted by atomic mass is 16.5. The number of hydrogen-bond donors (Lipinski definition) is 0. The van der Waals surface area contributed by atoms with Crippen molar-refractivity contribution in [2.75, 3.05) is 13.7 Å². The SMILES string of the molecule is COc1ccc(CN2CC(c3nc4ccccc4n3CC(=O)N(C(C)C)C(C)C)CC2=O)cc1. The molecule has 7 nitrogen and oxygen atoms in total. The largest absolute Gasteiger partial charge is 0.497 e. The Morgan fingerprint density at radius 2 is 1.76 bits per heavy atom. The van der Waals surface area contributed by atoms with Crippen LogP contribution in [-0.2, 0) is 22.7 Å². The van der Waals surface area contributed by atoms with Crippen molar-refractivity contribution in [3.8, 4) is 5.75 Å². The lowest BCUT2D eigenvalue weighted by Crippen LogP contribution is -2.44. The lowest BCUT2D eigenvalue weighted by atomic mass is 10.1. The lowest BCUT2D eigenvalue weighted by Gasteiger charge is -2.31. The van der Waals surface area contributed by atoms with Gasteiger partial charge >= 0.3 is 0 Å². The molecule has 2 aromatic carbocycles.